The first-order valence-electron chi connectivity index (χ1n) is 10.8. The first kappa shape index (κ1) is 26.7. The summed E-state index contributed by atoms with van der Waals surface area (Å²) in [4.78, 5) is 12.9. The molecule has 11 heteroatoms. The van der Waals surface area contributed by atoms with Crippen LogP contribution in [-0.4, -0.2) is 40.1 Å². The first-order chi connectivity index (χ1) is 16.5. The molecular formula is C24H26ClN3O5S2. The Balaban J connectivity index is 1.87. The first-order valence-corrected chi connectivity index (χ1v) is 14.1. The number of carbonyl (C=O) groups excluding carboxylic acids is 1. The molecule has 0 saturated heterocycles. The minimum Gasteiger partial charge on any atom is -0.322 e. The Morgan fingerprint density at radius 3 is 2.26 bits per heavy atom. The molecule has 0 saturated carbocycles. The summed E-state index contributed by atoms with van der Waals surface area (Å²) in [6, 6.07) is 16.5. The van der Waals surface area contributed by atoms with Crippen LogP contribution in [0, 0.1) is 6.92 Å². The summed E-state index contributed by atoms with van der Waals surface area (Å²) in [6.45, 7) is 5.83. The number of aryl methyl sites for hydroxylation is 1. The molecule has 0 aliphatic rings. The number of anilines is 2. The van der Waals surface area contributed by atoms with Gasteiger partial charge in [-0.05, 0) is 55.0 Å². The van der Waals surface area contributed by atoms with Crippen LogP contribution in [-0.2, 0) is 20.0 Å². The van der Waals surface area contributed by atoms with Crippen molar-refractivity contribution in [1.29, 1.82) is 0 Å². The quantitative estimate of drug-likeness (QED) is 0.411. The molecule has 3 aromatic carbocycles. The smallest absolute Gasteiger partial charge is 0.261 e. The van der Waals surface area contributed by atoms with E-state index in [2.05, 4.69) is 10.0 Å². The van der Waals surface area contributed by atoms with Crippen molar-refractivity contribution in [2.24, 2.45) is 0 Å². The Bertz CT molecular complexity index is 1450. The second-order valence-electron chi connectivity index (χ2n) is 7.64. The van der Waals surface area contributed by atoms with Crippen LogP contribution in [0.3, 0.4) is 0 Å². The third kappa shape index (κ3) is 6.02. The molecule has 0 aliphatic heterocycles. The average Bonchev–Trinajstić information content (AvgIpc) is 2.82. The molecule has 3 aromatic rings. The van der Waals surface area contributed by atoms with E-state index < -0.39 is 26.0 Å². The molecule has 8 nitrogen and oxygen atoms in total. The topological polar surface area (TPSA) is 113 Å². The number of hydrogen-bond donors (Lipinski definition) is 2. The monoisotopic (exact) mass is 535 g/mol. The van der Waals surface area contributed by atoms with Crippen LogP contribution >= 0.6 is 11.6 Å². The van der Waals surface area contributed by atoms with Gasteiger partial charge < -0.3 is 5.32 Å². The summed E-state index contributed by atoms with van der Waals surface area (Å²) in [6.07, 6.45) is 0. The SMILES string of the molecule is CCN(CC)S(=O)(=O)c1cc(NC(=O)c2cccc(S(=O)(=O)Nc3ccccc3Cl)c2)ccc1C. The Labute approximate surface area is 211 Å². The molecule has 0 fully saturated rings. The maximum absolute atomic E-state index is 13.0. The van der Waals surface area contributed by atoms with E-state index in [4.69, 9.17) is 11.6 Å². The molecular weight excluding hydrogens is 510 g/mol. The summed E-state index contributed by atoms with van der Waals surface area (Å²) in [5, 5.41) is 2.89. The number of para-hydroxylation sites is 1. The van der Waals surface area contributed by atoms with Crippen LogP contribution in [0.15, 0.2) is 76.5 Å². The fraction of sp³-hybridized carbons (Fsp3) is 0.208. The number of rotatable bonds is 9. The summed E-state index contributed by atoms with van der Waals surface area (Å²) in [7, 11) is -7.74. The lowest BCUT2D eigenvalue weighted by Crippen LogP contribution is -2.31. The maximum atomic E-state index is 13.0. The molecule has 0 radical (unpaired) electrons. The lowest BCUT2D eigenvalue weighted by molar-refractivity contribution is 0.102. The highest BCUT2D eigenvalue weighted by atomic mass is 35.5. The number of nitrogens with one attached hydrogen (secondary N) is 2. The highest BCUT2D eigenvalue weighted by Gasteiger charge is 2.24. The van der Waals surface area contributed by atoms with Gasteiger partial charge in [-0.1, -0.05) is 49.7 Å². The van der Waals surface area contributed by atoms with E-state index in [-0.39, 0.29) is 31.8 Å². The molecule has 3 rings (SSSR count). The zero-order valence-corrected chi connectivity index (χ0v) is 21.8. The highest BCUT2D eigenvalue weighted by molar-refractivity contribution is 7.92. The van der Waals surface area contributed by atoms with E-state index >= 15 is 0 Å². The van der Waals surface area contributed by atoms with E-state index in [9.17, 15) is 21.6 Å². The second-order valence-corrected chi connectivity index (χ2v) is 11.6. The molecule has 0 aliphatic carbocycles. The van der Waals surface area contributed by atoms with Gasteiger partial charge in [0.2, 0.25) is 10.0 Å². The van der Waals surface area contributed by atoms with E-state index in [0.29, 0.717) is 18.7 Å². The molecule has 2 N–H and O–H groups in total. The van der Waals surface area contributed by atoms with Crippen LogP contribution in [0.5, 0.6) is 0 Å². The highest BCUT2D eigenvalue weighted by Crippen LogP contribution is 2.26. The maximum Gasteiger partial charge on any atom is 0.261 e. The zero-order valence-electron chi connectivity index (χ0n) is 19.4. The molecule has 0 heterocycles. The van der Waals surface area contributed by atoms with Crippen molar-refractivity contribution in [2.45, 2.75) is 30.6 Å². The van der Waals surface area contributed by atoms with Crippen LogP contribution in [0.4, 0.5) is 11.4 Å². The number of hydrogen-bond acceptors (Lipinski definition) is 5. The van der Waals surface area contributed by atoms with E-state index in [1.54, 1.807) is 51.1 Å². The van der Waals surface area contributed by atoms with E-state index in [0.717, 1.165) is 0 Å². The van der Waals surface area contributed by atoms with E-state index in [1.807, 2.05) is 0 Å². The molecule has 0 unspecified atom stereocenters. The summed E-state index contributed by atoms with van der Waals surface area (Å²) in [5.41, 5.74) is 1.12. The van der Waals surface area contributed by atoms with Gasteiger partial charge in [-0.2, -0.15) is 4.31 Å². The predicted octanol–water partition coefficient (Wildman–Crippen LogP) is 4.73. The normalized spacial score (nSPS) is 11.9. The number of sulfonamides is 2. The van der Waals surface area contributed by atoms with Crippen molar-refractivity contribution in [1.82, 2.24) is 4.31 Å². The number of halogens is 1. The van der Waals surface area contributed by atoms with Gasteiger partial charge in [-0.15, -0.1) is 0 Å². The fourth-order valence-electron chi connectivity index (χ4n) is 3.41. The third-order valence-corrected chi connectivity index (χ3v) is 9.18. The van der Waals surface area contributed by atoms with Crippen LogP contribution in [0.1, 0.15) is 29.8 Å². The van der Waals surface area contributed by atoms with Crippen molar-refractivity contribution >= 4 is 48.9 Å². The molecule has 0 bridgehead atoms. The summed E-state index contributed by atoms with van der Waals surface area (Å²) >= 11 is 6.05. The van der Waals surface area contributed by atoms with Gasteiger partial charge in [0.15, 0.2) is 0 Å². The Morgan fingerprint density at radius 1 is 0.914 bits per heavy atom. The molecule has 1 amide bonds. The summed E-state index contributed by atoms with van der Waals surface area (Å²) < 4.78 is 55.4. The largest absolute Gasteiger partial charge is 0.322 e. The molecule has 186 valence electrons. The molecule has 0 spiro atoms. The minimum atomic E-state index is -4.01. The summed E-state index contributed by atoms with van der Waals surface area (Å²) in [5.74, 6) is -0.588. The van der Waals surface area contributed by atoms with Crippen molar-refractivity contribution < 1.29 is 21.6 Å². The third-order valence-electron chi connectivity index (χ3n) is 5.29. The van der Waals surface area contributed by atoms with Gasteiger partial charge in [-0.3, -0.25) is 9.52 Å². The Kier molecular flexibility index (Phi) is 8.22. The van der Waals surface area contributed by atoms with Crippen molar-refractivity contribution in [3.63, 3.8) is 0 Å². The second kappa shape index (κ2) is 10.8. The standard InChI is InChI=1S/C24H26ClN3O5S2/c1-4-28(5-2)35(32,33)23-16-19(14-13-17(23)3)26-24(29)18-9-8-10-20(15-18)34(30,31)27-22-12-7-6-11-21(22)25/h6-16,27H,4-5H2,1-3H3,(H,26,29). The number of amides is 1. The Hall–Kier alpha value is -2.92. The molecule has 0 aromatic heterocycles. The minimum absolute atomic E-state index is 0.0840. The lowest BCUT2D eigenvalue weighted by Gasteiger charge is -2.20. The van der Waals surface area contributed by atoms with Gasteiger partial charge in [-0.25, -0.2) is 16.8 Å². The van der Waals surface area contributed by atoms with Crippen molar-refractivity contribution in [3.05, 3.63) is 82.9 Å². The zero-order chi connectivity index (χ0) is 25.8. The van der Waals surface area contributed by atoms with Gasteiger partial charge >= 0.3 is 0 Å². The Morgan fingerprint density at radius 2 is 1.60 bits per heavy atom. The van der Waals surface area contributed by atoms with Gasteiger partial charge in [0.25, 0.3) is 15.9 Å². The van der Waals surface area contributed by atoms with Crippen molar-refractivity contribution in [3.8, 4) is 0 Å². The van der Waals surface area contributed by atoms with Gasteiger partial charge in [0.05, 0.1) is 20.5 Å². The van der Waals surface area contributed by atoms with Gasteiger partial charge in [0.1, 0.15) is 0 Å². The number of benzene rings is 3. The van der Waals surface area contributed by atoms with Gasteiger partial charge in [0, 0.05) is 24.3 Å². The fourth-order valence-corrected chi connectivity index (χ4v) is 6.49. The van der Waals surface area contributed by atoms with Crippen LogP contribution < -0.4 is 10.0 Å². The molecule has 0 atom stereocenters. The van der Waals surface area contributed by atoms with E-state index in [1.165, 1.54) is 40.7 Å². The van der Waals surface area contributed by atoms with Crippen molar-refractivity contribution in [2.75, 3.05) is 23.1 Å². The predicted molar refractivity (Wildman–Crippen MR) is 138 cm³/mol. The van der Waals surface area contributed by atoms with Crippen LogP contribution in [0.25, 0.3) is 0 Å². The lowest BCUT2D eigenvalue weighted by atomic mass is 10.2. The van der Waals surface area contributed by atoms with Crippen LogP contribution in [0.2, 0.25) is 5.02 Å². The number of carbonyl (C=O) groups is 1. The average molecular weight is 536 g/mol. The number of nitrogens with zero attached hydrogens (tertiary/aromatic N) is 1. The molecule has 35 heavy (non-hydrogen) atoms.